The first kappa shape index (κ1) is 18.4. The van der Waals surface area contributed by atoms with Crippen molar-refractivity contribution in [3.8, 4) is 5.69 Å². The Labute approximate surface area is 138 Å². The molecule has 1 aromatic heterocycles. The summed E-state index contributed by atoms with van der Waals surface area (Å²) in [4.78, 5) is 21.6. The molecule has 0 saturated carbocycles. The molecule has 0 aliphatic rings. The maximum atomic E-state index is 14.3. The molecule has 25 heavy (non-hydrogen) atoms. The van der Waals surface area contributed by atoms with Gasteiger partial charge in [0, 0.05) is 0 Å². The molecule has 1 heterocycles. The minimum absolute atomic E-state index is 0.211. The van der Waals surface area contributed by atoms with E-state index in [9.17, 15) is 32.5 Å². The second-order valence-electron chi connectivity index (χ2n) is 4.89. The third-order valence-corrected chi connectivity index (χ3v) is 3.37. The molecule has 0 N–H and O–H groups in total. The number of nitrogens with zero attached hydrogens (tertiary/aromatic N) is 3. The van der Waals surface area contributed by atoms with E-state index in [1.54, 1.807) is 0 Å². The van der Waals surface area contributed by atoms with Gasteiger partial charge in [-0.2, -0.15) is 5.10 Å². The summed E-state index contributed by atoms with van der Waals surface area (Å²) in [6.45, 7) is 3.36. The monoisotopic (exact) mass is 361 g/mol. The predicted octanol–water partition coefficient (Wildman–Crippen LogP) is 3.13. The molecule has 0 aliphatic carbocycles. The van der Waals surface area contributed by atoms with Gasteiger partial charge in [-0.1, -0.05) is 0 Å². The van der Waals surface area contributed by atoms with Crippen LogP contribution in [-0.2, 0) is 4.74 Å². The lowest BCUT2D eigenvalue weighted by Gasteiger charge is -2.12. The van der Waals surface area contributed by atoms with Gasteiger partial charge in [-0.3, -0.25) is 10.1 Å². The quantitative estimate of drug-likeness (QED) is 0.275. The SMILES string of the molecule is CCOC(=O)c1c(F)c(F)c(-n2nc(C)c([N+](=O)[O-])c2C)c(F)c1F. The van der Waals surface area contributed by atoms with E-state index in [4.69, 9.17) is 0 Å². The van der Waals surface area contributed by atoms with Crippen LogP contribution in [0.5, 0.6) is 0 Å². The molecule has 0 unspecified atom stereocenters. The summed E-state index contributed by atoms with van der Waals surface area (Å²) in [6.07, 6.45) is 0. The Bertz CT molecular complexity index is 866. The molecule has 2 rings (SSSR count). The van der Waals surface area contributed by atoms with Crippen LogP contribution < -0.4 is 0 Å². The zero-order valence-electron chi connectivity index (χ0n) is 13.2. The summed E-state index contributed by atoms with van der Waals surface area (Å²) < 4.78 is 61.5. The van der Waals surface area contributed by atoms with Gasteiger partial charge in [-0.05, 0) is 20.8 Å². The first-order valence-corrected chi connectivity index (χ1v) is 6.87. The molecule has 2 aromatic rings. The highest BCUT2D eigenvalue weighted by atomic mass is 19.2. The molecule has 7 nitrogen and oxygen atoms in total. The number of carbonyl (C=O) groups excluding carboxylic acids is 1. The number of hydrogen-bond donors (Lipinski definition) is 0. The fourth-order valence-corrected chi connectivity index (χ4v) is 2.30. The molecule has 0 saturated heterocycles. The maximum Gasteiger partial charge on any atom is 0.344 e. The number of hydrogen-bond acceptors (Lipinski definition) is 5. The fourth-order valence-electron chi connectivity index (χ4n) is 2.30. The van der Waals surface area contributed by atoms with Crippen LogP contribution in [0.15, 0.2) is 0 Å². The fraction of sp³-hybridized carbons (Fsp3) is 0.286. The second-order valence-corrected chi connectivity index (χ2v) is 4.89. The van der Waals surface area contributed by atoms with E-state index < -0.39 is 51.1 Å². The van der Waals surface area contributed by atoms with Crippen LogP contribution in [0.1, 0.15) is 28.7 Å². The largest absolute Gasteiger partial charge is 0.462 e. The number of halogens is 4. The van der Waals surface area contributed by atoms with Crippen LogP contribution in [0, 0.1) is 47.2 Å². The number of rotatable bonds is 4. The van der Waals surface area contributed by atoms with Gasteiger partial charge >= 0.3 is 11.7 Å². The number of esters is 1. The summed E-state index contributed by atoms with van der Waals surface area (Å²) >= 11 is 0. The van der Waals surface area contributed by atoms with E-state index in [1.807, 2.05) is 0 Å². The molecular formula is C14H11F4N3O4. The van der Waals surface area contributed by atoms with Gasteiger partial charge in [0.1, 0.15) is 22.6 Å². The summed E-state index contributed by atoms with van der Waals surface area (Å²) in [5.74, 6) is -9.41. The van der Waals surface area contributed by atoms with E-state index >= 15 is 0 Å². The molecular weight excluding hydrogens is 350 g/mol. The molecule has 1 aromatic carbocycles. The number of ether oxygens (including phenoxy) is 1. The van der Waals surface area contributed by atoms with Crippen molar-refractivity contribution in [2.45, 2.75) is 20.8 Å². The van der Waals surface area contributed by atoms with E-state index in [2.05, 4.69) is 9.84 Å². The number of carbonyl (C=O) groups is 1. The van der Waals surface area contributed by atoms with Gasteiger partial charge in [-0.25, -0.2) is 27.0 Å². The molecule has 0 fully saturated rings. The van der Waals surface area contributed by atoms with Crippen molar-refractivity contribution in [2.24, 2.45) is 0 Å². The lowest BCUT2D eigenvalue weighted by molar-refractivity contribution is -0.386. The highest BCUT2D eigenvalue weighted by Gasteiger charge is 2.34. The summed E-state index contributed by atoms with van der Waals surface area (Å²) in [6, 6.07) is 0. The highest BCUT2D eigenvalue weighted by molar-refractivity contribution is 5.90. The lowest BCUT2D eigenvalue weighted by atomic mass is 10.1. The molecule has 0 amide bonds. The van der Waals surface area contributed by atoms with Crippen molar-refractivity contribution in [3.05, 3.63) is 50.3 Å². The van der Waals surface area contributed by atoms with Crippen LogP contribution in [0.3, 0.4) is 0 Å². The van der Waals surface area contributed by atoms with Crippen molar-refractivity contribution in [3.63, 3.8) is 0 Å². The Morgan fingerprint density at radius 1 is 1.16 bits per heavy atom. The zero-order chi connectivity index (χ0) is 19.0. The average molecular weight is 361 g/mol. The van der Waals surface area contributed by atoms with Crippen molar-refractivity contribution < 1.29 is 32.0 Å². The van der Waals surface area contributed by atoms with Gasteiger partial charge in [0.05, 0.1) is 11.5 Å². The van der Waals surface area contributed by atoms with E-state index in [0.717, 1.165) is 6.92 Å². The van der Waals surface area contributed by atoms with E-state index in [-0.39, 0.29) is 18.0 Å². The normalized spacial score (nSPS) is 10.8. The maximum absolute atomic E-state index is 14.3. The van der Waals surface area contributed by atoms with Gasteiger partial charge in [-0.15, -0.1) is 0 Å². The van der Waals surface area contributed by atoms with Crippen molar-refractivity contribution in [1.82, 2.24) is 9.78 Å². The molecule has 11 heteroatoms. The number of aryl methyl sites for hydroxylation is 1. The van der Waals surface area contributed by atoms with E-state index in [1.165, 1.54) is 13.8 Å². The van der Waals surface area contributed by atoms with Gasteiger partial charge < -0.3 is 4.74 Å². The number of aromatic nitrogens is 2. The van der Waals surface area contributed by atoms with Crippen LogP contribution in [-0.4, -0.2) is 27.3 Å². The minimum atomic E-state index is -1.98. The van der Waals surface area contributed by atoms with Gasteiger partial charge in [0.2, 0.25) is 0 Å². The smallest absolute Gasteiger partial charge is 0.344 e. The number of benzene rings is 1. The van der Waals surface area contributed by atoms with Crippen LogP contribution in [0.2, 0.25) is 0 Å². The molecule has 134 valence electrons. The Morgan fingerprint density at radius 2 is 1.68 bits per heavy atom. The third-order valence-electron chi connectivity index (χ3n) is 3.37. The Kier molecular flexibility index (Phi) is 4.77. The van der Waals surface area contributed by atoms with Crippen LogP contribution in [0.25, 0.3) is 5.69 Å². The molecule has 0 aliphatic heterocycles. The van der Waals surface area contributed by atoms with Crippen LogP contribution >= 0.6 is 0 Å². The summed E-state index contributed by atoms with van der Waals surface area (Å²) in [5, 5.41) is 14.5. The van der Waals surface area contributed by atoms with E-state index in [0.29, 0.717) is 4.68 Å². The van der Waals surface area contributed by atoms with Crippen molar-refractivity contribution in [2.75, 3.05) is 6.61 Å². The molecule has 0 atom stereocenters. The Hall–Kier alpha value is -2.98. The Balaban J connectivity index is 2.80. The lowest BCUT2D eigenvalue weighted by Crippen LogP contribution is -2.17. The highest BCUT2D eigenvalue weighted by Crippen LogP contribution is 2.31. The number of nitro groups is 1. The standard InChI is InChI=1S/C14H11F4N3O4/c1-4-25-14(22)7-8(15)10(17)13(11(18)9(7)16)20-6(3)12(21(23)24)5(2)19-20/h4H2,1-3H3. The topological polar surface area (TPSA) is 87.3 Å². The molecule has 0 radical (unpaired) electrons. The second kappa shape index (κ2) is 6.49. The van der Waals surface area contributed by atoms with Gasteiger partial charge in [0.25, 0.3) is 0 Å². The third kappa shape index (κ3) is 2.81. The molecule has 0 spiro atoms. The average Bonchev–Trinajstić information content (AvgIpc) is 2.81. The first-order valence-electron chi connectivity index (χ1n) is 6.87. The first-order chi connectivity index (χ1) is 11.6. The predicted molar refractivity (Wildman–Crippen MR) is 75.5 cm³/mol. The van der Waals surface area contributed by atoms with Gasteiger partial charge in [0.15, 0.2) is 23.3 Å². The summed E-state index contributed by atoms with van der Waals surface area (Å²) in [7, 11) is 0. The zero-order valence-corrected chi connectivity index (χ0v) is 13.2. The van der Waals surface area contributed by atoms with Crippen molar-refractivity contribution in [1.29, 1.82) is 0 Å². The van der Waals surface area contributed by atoms with Crippen LogP contribution in [0.4, 0.5) is 23.2 Å². The minimum Gasteiger partial charge on any atom is -0.462 e. The Morgan fingerprint density at radius 3 is 2.08 bits per heavy atom. The molecule has 0 bridgehead atoms. The summed E-state index contributed by atoms with van der Waals surface area (Å²) in [5.41, 5.74) is -3.96. The van der Waals surface area contributed by atoms with Crippen molar-refractivity contribution >= 4 is 11.7 Å².